The first kappa shape index (κ1) is 14.0. The normalized spacial score (nSPS) is 12.4. The van der Waals surface area contributed by atoms with Gasteiger partial charge in [0.05, 0.1) is 29.5 Å². The van der Waals surface area contributed by atoms with Crippen molar-refractivity contribution in [3.63, 3.8) is 0 Å². The number of nitrogens with zero attached hydrogens (tertiary/aromatic N) is 2. The topological polar surface area (TPSA) is 50.1 Å². The van der Waals surface area contributed by atoms with Gasteiger partial charge in [-0.15, -0.1) is 0 Å². The Balaban J connectivity index is 2.06. The second-order valence-corrected chi connectivity index (χ2v) is 5.11. The fourth-order valence-electron chi connectivity index (χ4n) is 1.78. The van der Waals surface area contributed by atoms with Crippen molar-refractivity contribution in [1.82, 2.24) is 9.78 Å². The highest BCUT2D eigenvalue weighted by molar-refractivity contribution is 9.10. The summed E-state index contributed by atoms with van der Waals surface area (Å²) in [5, 5.41) is 16.2. The largest absolute Gasteiger partial charge is 0.394 e. The molecule has 2 aromatic rings. The summed E-state index contributed by atoms with van der Waals surface area (Å²) >= 11 is 3.13. The minimum absolute atomic E-state index is 0.0330. The average molecular weight is 328 g/mol. The van der Waals surface area contributed by atoms with Crippen LogP contribution in [0, 0.1) is 5.82 Å². The lowest BCUT2D eigenvalue weighted by Gasteiger charge is -2.14. The molecule has 1 aromatic carbocycles. The quantitative estimate of drug-likeness (QED) is 0.887. The van der Waals surface area contributed by atoms with Crippen LogP contribution < -0.4 is 5.32 Å². The SMILES string of the molecule is CC(Nc1cnn(CCO)c1)c1ccc(Br)c(F)c1. The molecule has 0 amide bonds. The maximum absolute atomic E-state index is 13.5. The average Bonchev–Trinajstić information content (AvgIpc) is 2.80. The molecule has 0 saturated carbocycles. The highest BCUT2D eigenvalue weighted by Gasteiger charge is 2.09. The summed E-state index contributed by atoms with van der Waals surface area (Å²) < 4.78 is 15.6. The van der Waals surface area contributed by atoms with Gasteiger partial charge < -0.3 is 10.4 Å². The molecule has 102 valence electrons. The molecule has 1 atom stereocenters. The first-order valence-electron chi connectivity index (χ1n) is 5.95. The van der Waals surface area contributed by atoms with Crippen LogP contribution in [-0.4, -0.2) is 21.5 Å². The molecular weight excluding hydrogens is 313 g/mol. The van der Waals surface area contributed by atoms with Gasteiger partial charge in [-0.3, -0.25) is 4.68 Å². The summed E-state index contributed by atoms with van der Waals surface area (Å²) in [6.45, 7) is 2.46. The maximum Gasteiger partial charge on any atom is 0.137 e. The molecular formula is C13H15BrFN3O. The Bertz CT molecular complexity index is 559. The third kappa shape index (κ3) is 3.54. The van der Waals surface area contributed by atoms with E-state index in [0.717, 1.165) is 11.3 Å². The number of halogens is 2. The van der Waals surface area contributed by atoms with E-state index >= 15 is 0 Å². The van der Waals surface area contributed by atoms with E-state index in [9.17, 15) is 4.39 Å². The monoisotopic (exact) mass is 327 g/mol. The first-order chi connectivity index (χ1) is 9.10. The number of hydrogen-bond donors (Lipinski definition) is 2. The molecule has 0 bridgehead atoms. The van der Waals surface area contributed by atoms with Gasteiger partial charge in [0.1, 0.15) is 5.82 Å². The first-order valence-corrected chi connectivity index (χ1v) is 6.74. The van der Waals surface area contributed by atoms with Crippen LogP contribution in [0.5, 0.6) is 0 Å². The highest BCUT2D eigenvalue weighted by Crippen LogP contribution is 2.23. The summed E-state index contributed by atoms with van der Waals surface area (Å²) in [7, 11) is 0. The summed E-state index contributed by atoms with van der Waals surface area (Å²) in [4.78, 5) is 0. The second kappa shape index (κ2) is 6.16. The number of benzene rings is 1. The van der Waals surface area contributed by atoms with E-state index in [1.165, 1.54) is 6.07 Å². The number of aromatic nitrogens is 2. The minimum atomic E-state index is -0.276. The molecule has 0 saturated heterocycles. The van der Waals surface area contributed by atoms with Crippen LogP contribution in [0.1, 0.15) is 18.5 Å². The van der Waals surface area contributed by atoms with Crippen LogP contribution in [0.25, 0.3) is 0 Å². The van der Waals surface area contributed by atoms with Crippen molar-refractivity contribution in [2.75, 3.05) is 11.9 Å². The molecule has 0 aliphatic rings. The standard InChI is InChI=1S/C13H15BrFN3O/c1-9(10-2-3-12(14)13(15)6-10)17-11-7-16-18(8-11)4-5-19/h2-3,6-9,17,19H,4-5H2,1H3. The van der Waals surface area contributed by atoms with Crippen molar-refractivity contribution in [1.29, 1.82) is 0 Å². The van der Waals surface area contributed by atoms with Crippen molar-refractivity contribution in [3.8, 4) is 0 Å². The Kier molecular flexibility index (Phi) is 4.55. The number of aliphatic hydroxyl groups is 1. The lowest BCUT2D eigenvalue weighted by molar-refractivity contribution is 0.269. The van der Waals surface area contributed by atoms with E-state index in [1.54, 1.807) is 16.9 Å². The van der Waals surface area contributed by atoms with Gasteiger partial charge in [-0.25, -0.2) is 4.39 Å². The van der Waals surface area contributed by atoms with Crippen molar-refractivity contribution < 1.29 is 9.50 Å². The summed E-state index contributed by atoms with van der Waals surface area (Å²) in [6.07, 6.45) is 3.49. The van der Waals surface area contributed by atoms with Gasteiger partial charge in [0, 0.05) is 12.2 Å². The predicted molar refractivity (Wildman–Crippen MR) is 75.5 cm³/mol. The van der Waals surface area contributed by atoms with Crippen molar-refractivity contribution in [2.24, 2.45) is 0 Å². The van der Waals surface area contributed by atoms with Gasteiger partial charge >= 0.3 is 0 Å². The maximum atomic E-state index is 13.5. The highest BCUT2D eigenvalue weighted by atomic mass is 79.9. The van der Waals surface area contributed by atoms with E-state index in [2.05, 4.69) is 26.3 Å². The van der Waals surface area contributed by atoms with Gasteiger partial charge in [0.25, 0.3) is 0 Å². The predicted octanol–water partition coefficient (Wildman–Crippen LogP) is 2.95. The van der Waals surface area contributed by atoms with Crippen molar-refractivity contribution in [2.45, 2.75) is 19.5 Å². The lowest BCUT2D eigenvalue weighted by atomic mass is 10.1. The zero-order chi connectivity index (χ0) is 13.8. The second-order valence-electron chi connectivity index (χ2n) is 4.26. The molecule has 0 radical (unpaired) electrons. The van der Waals surface area contributed by atoms with Crippen LogP contribution in [0.3, 0.4) is 0 Å². The molecule has 1 unspecified atom stereocenters. The van der Waals surface area contributed by atoms with E-state index in [0.29, 0.717) is 11.0 Å². The Morgan fingerprint density at radius 1 is 1.53 bits per heavy atom. The van der Waals surface area contributed by atoms with Crippen molar-refractivity contribution >= 4 is 21.6 Å². The molecule has 6 heteroatoms. The third-order valence-corrected chi connectivity index (χ3v) is 3.43. The summed E-state index contributed by atoms with van der Waals surface area (Å²) in [5.74, 6) is -0.276. The van der Waals surface area contributed by atoms with Gasteiger partial charge in [-0.05, 0) is 40.5 Å². The molecule has 4 nitrogen and oxygen atoms in total. The molecule has 2 N–H and O–H groups in total. The van der Waals surface area contributed by atoms with E-state index in [-0.39, 0.29) is 18.5 Å². The van der Waals surface area contributed by atoms with Gasteiger partial charge in [-0.1, -0.05) is 6.07 Å². The van der Waals surface area contributed by atoms with Gasteiger partial charge in [0.2, 0.25) is 0 Å². The Morgan fingerprint density at radius 3 is 3.00 bits per heavy atom. The van der Waals surface area contributed by atoms with Crippen LogP contribution in [0.2, 0.25) is 0 Å². The molecule has 0 fully saturated rings. The fourth-order valence-corrected chi connectivity index (χ4v) is 2.02. The van der Waals surface area contributed by atoms with Gasteiger partial charge in [0.15, 0.2) is 0 Å². The number of hydrogen-bond acceptors (Lipinski definition) is 3. The molecule has 19 heavy (non-hydrogen) atoms. The Labute approximate surface area is 119 Å². The summed E-state index contributed by atoms with van der Waals surface area (Å²) in [6, 6.07) is 5.02. The van der Waals surface area contributed by atoms with Crippen LogP contribution in [-0.2, 0) is 6.54 Å². The lowest BCUT2D eigenvalue weighted by Crippen LogP contribution is -2.06. The van der Waals surface area contributed by atoms with Crippen molar-refractivity contribution in [3.05, 3.63) is 46.4 Å². The number of nitrogens with one attached hydrogen (secondary N) is 1. The zero-order valence-corrected chi connectivity index (χ0v) is 12.1. The number of anilines is 1. The Hall–Kier alpha value is -1.40. The van der Waals surface area contributed by atoms with E-state index in [1.807, 2.05) is 19.2 Å². The molecule has 1 heterocycles. The number of rotatable bonds is 5. The fraction of sp³-hybridized carbons (Fsp3) is 0.308. The minimum Gasteiger partial charge on any atom is -0.394 e. The van der Waals surface area contributed by atoms with Crippen LogP contribution in [0.4, 0.5) is 10.1 Å². The number of aliphatic hydroxyl groups excluding tert-OH is 1. The van der Waals surface area contributed by atoms with Crippen LogP contribution in [0.15, 0.2) is 35.1 Å². The Morgan fingerprint density at radius 2 is 2.32 bits per heavy atom. The molecule has 0 aliphatic carbocycles. The summed E-state index contributed by atoms with van der Waals surface area (Å²) in [5.41, 5.74) is 1.69. The smallest absolute Gasteiger partial charge is 0.137 e. The molecule has 0 spiro atoms. The zero-order valence-electron chi connectivity index (χ0n) is 10.5. The molecule has 2 rings (SSSR count). The third-order valence-electron chi connectivity index (χ3n) is 2.79. The van der Waals surface area contributed by atoms with E-state index in [4.69, 9.17) is 5.11 Å². The molecule has 1 aromatic heterocycles. The van der Waals surface area contributed by atoms with E-state index < -0.39 is 0 Å². The van der Waals surface area contributed by atoms with Crippen LogP contribution >= 0.6 is 15.9 Å². The van der Waals surface area contributed by atoms with Gasteiger partial charge in [-0.2, -0.15) is 5.10 Å². The molecule has 0 aliphatic heterocycles.